The first kappa shape index (κ1) is 22.3. The zero-order valence-corrected chi connectivity index (χ0v) is 19.3. The van der Waals surface area contributed by atoms with Gasteiger partial charge in [-0.2, -0.15) is 0 Å². The first-order valence-corrected chi connectivity index (χ1v) is 12.0. The van der Waals surface area contributed by atoms with Crippen molar-refractivity contribution in [3.8, 4) is 11.5 Å². The van der Waals surface area contributed by atoms with Crippen LogP contribution in [-0.2, 0) is 9.59 Å². The Morgan fingerprint density at radius 1 is 0.861 bits per heavy atom. The van der Waals surface area contributed by atoms with E-state index >= 15 is 0 Å². The summed E-state index contributed by atoms with van der Waals surface area (Å²) in [6.45, 7) is -0.194. The predicted octanol–water partition coefficient (Wildman–Crippen LogP) is 4.30. The highest BCUT2D eigenvalue weighted by molar-refractivity contribution is 6.22. The number of esters is 1. The van der Waals surface area contributed by atoms with Gasteiger partial charge in [-0.25, -0.2) is 4.79 Å². The summed E-state index contributed by atoms with van der Waals surface area (Å²) in [7, 11) is 0. The van der Waals surface area contributed by atoms with Gasteiger partial charge < -0.3 is 13.9 Å². The number of fused-ring (bicyclic) bond motifs is 5. The topological polar surface area (TPSA) is 103 Å². The molecule has 3 aliphatic rings. The quantitative estimate of drug-likeness (QED) is 0.213. The molecule has 1 saturated heterocycles. The molecule has 2 amide bonds. The fourth-order valence-electron chi connectivity index (χ4n) is 5.85. The maximum atomic E-state index is 13.0. The number of ketones is 1. The zero-order valence-electron chi connectivity index (χ0n) is 19.3. The van der Waals surface area contributed by atoms with Crippen LogP contribution < -0.4 is 14.4 Å². The largest absolute Gasteiger partial charge is 0.485 e. The van der Waals surface area contributed by atoms with Crippen molar-refractivity contribution in [2.45, 2.75) is 19.3 Å². The first-order valence-electron chi connectivity index (χ1n) is 12.0. The summed E-state index contributed by atoms with van der Waals surface area (Å²) in [6.07, 6.45) is 4.46. The lowest BCUT2D eigenvalue weighted by Gasteiger charge is -2.19. The van der Waals surface area contributed by atoms with Gasteiger partial charge >= 0.3 is 5.97 Å². The van der Waals surface area contributed by atoms with Gasteiger partial charge in [0, 0.05) is 5.56 Å². The molecule has 0 radical (unpaired) electrons. The van der Waals surface area contributed by atoms with Gasteiger partial charge in [-0.05, 0) is 91.8 Å². The van der Waals surface area contributed by atoms with E-state index in [1.54, 1.807) is 42.5 Å². The average molecular weight is 485 g/mol. The van der Waals surface area contributed by atoms with E-state index in [0.717, 1.165) is 19.3 Å². The molecule has 1 aromatic heterocycles. The number of carbonyl (C=O) groups is 4. The number of Topliss-reactive ketones (excluding diaryl/α,β-unsaturated/α-hetero) is 1. The fraction of sp³-hybridized carbons (Fsp3) is 0.286. The molecule has 0 spiro atoms. The smallest absolute Gasteiger partial charge is 0.379 e. The molecule has 3 aromatic rings. The molecule has 2 aromatic carbocycles. The molecule has 182 valence electrons. The summed E-state index contributed by atoms with van der Waals surface area (Å²) in [5, 5.41) is 0. The van der Waals surface area contributed by atoms with E-state index in [4.69, 9.17) is 13.9 Å². The number of furan rings is 1. The zero-order chi connectivity index (χ0) is 24.8. The number of hydrogen-bond acceptors (Lipinski definition) is 7. The van der Waals surface area contributed by atoms with Crippen molar-refractivity contribution in [1.82, 2.24) is 0 Å². The Balaban J connectivity index is 1.05. The van der Waals surface area contributed by atoms with Crippen LogP contribution in [0.1, 0.15) is 40.2 Å². The van der Waals surface area contributed by atoms with Crippen LogP contribution in [0.2, 0.25) is 0 Å². The van der Waals surface area contributed by atoms with Gasteiger partial charge in [0.2, 0.25) is 17.6 Å². The van der Waals surface area contributed by atoms with Crippen LogP contribution in [0.15, 0.2) is 71.3 Å². The monoisotopic (exact) mass is 485 g/mol. The van der Waals surface area contributed by atoms with Gasteiger partial charge in [0.15, 0.2) is 12.4 Å². The second kappa shape index (κ2) is 8.78. The molecule has 0 unspecified atom stereocenters. The van der Waals surface area contributed by atoms with E-state index < -0.39 is 5.97 Å². The van der Waals surface area contributed by atoms with Crippen molar-refractivity contribution in [2.24, 2.45) is 23.7 Å². The Kier molecular flexibility index (Phi) is 5.44. The molecule has 8 nitrogen and oxygen atoms in total. The second-order valence-electron chi connectivity index (χ2n) is 9.49. The molecular weight excluding hydrogens is 462 g/mol. The Labute approximate surface area is 206 Å². The number of carbonyl (C=O) groups excluding carboxylic acids is 4. The van der Waals surface area contributed by atoms with Gasteiger partial charge in [0.25, 0.3) is 0 Å². The molecule has 2 aliphatic carbocycles. The summed E-state index contributed by atoms with van der Waals surface area (Å²) in [5.41, 5.74) is 0.941. The summed E-state index contributed by atoms with van der Waals surface area (Å²) in [5.74, 6) is 0.133. The summed E-state index contributed by atoms with van der Waals surface area (Å²) < 4.78 is 15.8. The molecule has 4 atom stereocenters. The lowest BCUT2D eigenvalue weighted by Crippen LogP contribution is -2.32. The Morgan fingerprint density at radius 3 is 2.11 bits per heavy atom. The summed E-state index contributed by atoms with van der Waals surface area (Å²) >= 11 is 0. The van der Waals surface area contributed by atoms with E-state index in [1.165, 1.54) is 29.4 Å². The molecule has 8 heteroatoms. The molecule has 2 bridgehead atoms. The number of rotatable bonds is 7. The normalized spacial score (nSPS) is 24.2. The second-order valence-corrected chi connectivity index (χ2v) is 9.49. The standard InChI is InChI=1S/C28H23NO7/c30-22(16-5-9-21(10-6-16)36-28(33)23-2-1-13-34-23)15-35-20-11-7-19(8-12-20)29-26(31)24-17-3-4-18(14-17)25(24)27(29)32/h1-2,5-13,17-18,24-25H,3-4,14-15H2/t17-,18-,24+,25+/m0/s1. The first-order chi connectivity index (χ1) is 17.5. The number of ether oxygens (including phenoxy) is 2. The van der Waals surface area contributed by atoms with E-state index in [2.05, 4.69) is 0 Å². The van der Waals surface area contributed by atoms with Crippen LogP contribution in [0, 0.1) is 23.7 Å². The highest BCUT2D eigenvalue weighted by Crippen LogP contribution is 2.56. The van der Waals surface area contributed by atoms with Crippen LogP contribution in [0.4, 0.5) is 5.69 Å². The minimum atomic E-state index is -0.626. The highest BCUT2D eigenvalue weighted by Gasteiger charge is 2.61. The Bertz CT molecular complexity index is 1300. The Morgan fingerprint density at radius 2 is 1.50 bits per heavy atom. The van der Waals surface area contributed by atoms with Crippen molar-refractivity contribution in [3.63, 3.8) is 0 Å². The van der Waals surface area contributed by atoms with Crippen LogP contribution >= 0.6 is 0 Å². The predicted molar refractivity (Wildman–Crippen MR) is 127 cm³/mol. The van der Waals surface area contributed by atoms with E-state index in [0.29, 0.717) is 28.8 Å². The van der Waals surface area contributed by atoms with Crippen molar-refractivity contribution in [1.29, 1.82) is 0 Å². The number of hydrogen-bond donors (Lipinski definition) is 0. The highest BCUT2D eigenvalue weighted by atomic mass is 16.5. The van der Waals surface area contributed by atoms with Gasteiger partial charge in [-0.3, -0.25) is 19.3 Å². The van der Waals surface area contributed by atoms with Crippen LogP contribution in [0.3, 0.4) is 0 Å². The maximum Gasteiger partial charge on any atom is 0.379 e. The number of nitrogens with zero attached hydrogens (tertiary/aromatic N) is 1. The molecule has 1 aliphatic heterocycles. The number of imide groups is 1. The number of anilines is 1. The molecule has 0 N–H and O–H groups in total. The minimum absolute atomic E-state index is 0.0840. The van der Waals surface area contributed by atoms with Crippen molar-refractivity contribution >= 4 is 29.3 Å². The molecule has 2 heterocycles. The molecule has 36 heavy (non-hydrogen) atoms. The van der Waals surface area contributed by atoms with Crippen molar-refractivity contribution in [3.05, 3.63) is 78.3 Å². The van der Waals surface area contributed by atoms with Crippen molar-refractivity contribution in [2.75, 3.05) is 11.5 Å². The Hall–Kier alpha value is -4.20. The summed E-state index contributed by atoms with van der Waals surface area (Å²) in [4.78, 5) is 51.8. The van der Waals surface area contributed by atoms with Gasteiger partial charge in [-0.15, -0.1) is 0 Å². The average Bonchev–Trinajstić information content (AvgIpc) is 3.69. The molecule has 2 saturated carbocycles. The lowest BCUT2D eigenvalue weighted by atomic mass is 9.81. The van der Waals surface area contributed by atoms with E-state index in [1.807, 2.05) is 0 Å². The molecule has 3 fully saturated rings. The van der Waals surface area contributed by atoms with Gasteiger partial charge in [-0.1, -0.05) is 0 Å². The van der Waals surface area contributed by atoms with Crippen LogP contribution in [0.25, 0.3) is 0 Å². The SMILES string of the molecule is O=C(COc1ccc(N2C(=O)[C@@H]3[C@H]4CC[C@@H](C4)[C@H]3C2=O)cc1)c1ccc(OC(=O)c2ccco2)cc1. The third-order valence-corrected chi connectivity index (χ3v) is 7.50. The molecule has 6 rings (SSSR count). The van der Waals surface area contributed by atoms with Crippen LogP contribution in [0.5, 0.6) is 11.5 Å². The van der Waals surface area contributed by atoms with Crippen molar-refractivity contribution < 1.29 is 33.1 Å². The number of amides is 2. The minimum Gasteiger partial charge on any atom is -0.485 e. The summed E-state index contributed by atoms with van der Waals surface area (Å²) in [6, 6.07) is 15.9. The van der Waals surface area contributed by atoms with Crippen LogP contribution in [-0.4, -0.2) is 30.2 Å². The van der Waals surface area contributed by atoms with E-state index in [9.17, 15) is 19.2 Å². The van der Waals surface area contributed by atoms with E-state index in [-0.39, 0.29) is 47.6 Å². The fourth-order valence-corrected chi connectivity index (χ4v) is 5.85. The maximum absolute atomic E-state index is 13.0. The third kappa shape index (κ3) is 3.79. The number of benzene rings is 2. The third-order valence-electron chi connectivity index (χ3n) is 7.50. The molecular formula is C28H23NO7. The van der Waals surface area contributed by atoms with Gasteiger partial charge in [0.1, 0.15) is 11.5 Å². The lowest BCUT2D eigenvalue weighted by molar-refractivity contribution is -0.123. The van der Waals surface area contributed by atoms with Gasteiger partial charge in [0.05, 0.1) is 23.8 Å².